The monoisotopic (exact) mass is 569 g/mol. The minimum Gasteiger partial charge on any atom is -0.444 e. The van der Waals surface area contributed by atoms with Gasteiger partial charge in [-0.25, -0.2) is 14.8 Å². The summed E-state index contributed by atoms with van der Waals surface area (Å²) in [6.07, 6.45) is -2.40. The van der Waals surface area contributed by atoms with E-state index in [0.717, 1.165) is 25.7 Å². The molecule has 0 spiro atoms. The standard InChI is InChI=1S/C27H38F3N5O5/c1-16-12-35(22(37)15-39-16)13-18(31-25(38)40-26(2,3)4)11-21(36)34-10-9-19-20(14-34)32-24(17-7-5-6-8-17)33-23(19)27(28,29)30/h16-18H,5-15H2,1-4H3,(H,31,38)/t16-,18-/m0/s1. The highest BCUT2D eigenvalue weighted by Gasteiger charge is 2.40. The third-order valence-electron chi connectivity index (χ3n) is 7.33. The molecular formula is C27H38F3N5O5. The number of carbonyl (C=O) groups excluding carboxylic acids is 3. The summed E-state index contributed by atoms with van der Waals surface area (Å²) in [5.74, 6) is -0.546. The number of nitrogens with one attached hydrogen (secondary N) is 1. The summed E-state index contributed by atoms with van der Waals surface area (Å²) in [7, 11) is 0. The highest BCUT2D eigenvalue weighted by Crippen LogP contribution is 2.38. The molecule has 1 aromatic rings. The molecule has 3 aliphatic rings. The second-order valence-corrected chi connectivity index (χ2v) is 11.9. The fraction of sp³-hybridized carbons (Fsp3) is 0.741. The minimum absolute atomic E-state index is 0.0233. The molecule has 1 saturated carbocycles. The summed E-state index contributed by atoms with van der Waals surface area (Å²) in [5, 5.41) is 2.70. The number of morpholine rings is 1. The van der Waals surface area contributed by atoms with Crippen LogP contribution in [0.1, 0.15) is 88.5 Å². The summed E-state index contributed by atoms with van der Waals surface area (Å²) < 4.78 is 52.5. The molecule has 2 atom stereocenters. The first-order chi connectivity index (χ1) is 18.7. The Bertz CT molecular complexity index is 1120. The van der Waals surface area contributed by atoms with Crippen LogP contribution in [0.15, 0.2) is 0 Å². The Kier molecular flexibility index (Phi) is 8.91. The average molecular weight is 570 g/mol. The van der Waals surface area contributed by atoms with E-state index in [0.29, 0.717) is 6.54 Å². The molecule has 0 bridgehead atoms. The molecule has 2 fully saturated rings. The predicted molar refractivity (Wildman–Crippen MR) is 137 cm³/mol. The summed E-state index contributed by atoms with van der Waals surface area (Å²) in [6.45, 7) is 7.21. The molecule has 13 heteroatoms. The summed E-state index contributed by atoms with van der Waals surface area (Å²) in [6, 6.07) is -0.775. The van der Waals surface area contributed by atoms with E-state index in [1.165, 1.54) is 9.80 Å². The van der Waals surface area contributed by atoms with Gasteiger partial charge < -0.3 is 24.6 Å². The maximum absolute atomic E-state index is 13.9. The van der Waals surface area contributed by atoms with Gasteiger partial charge in [0.05, 0.1) is 24.4 Å². The number of amides is 3. The molecular weight excluding hydrogens is 531 g/mol. The summed E-state index contributed by atoms with van der Waals surface area (Å²) >= 11 is 0. The van der Waals surface area contributed by atoms with Crippen LogP contribution in [-0.2, 0) is 38.2 Å². The van der Waals surface area contributed by atoms with Crippen molar-refractivity contribution in [3.8, 4) is 0 Å². The van der Waals surface area contributed by atoms with E-state index >= 15 is 0 Å². The van der Waals surface area contributed by atoms with E-state index in [1.54, 1.807) is 20.8 Å². The molecule has 1 N–H and O–H groups in total. The molecule has 4 rings (SSSR count). The molecule has 40 heavy (non-hydrogen) atoms. The van der Waals surface area contributed by atoms with Crippen LogP contribution >= 0.6 is 0 Å². The number of alkyl carbamates (subject to hydrolysis) is 1. The second kappa shape index (κ2) is 11.9. The van der Waals surface area contributed by atoms with Crippen molar-refractivity contribution < 1.29 is 37.0 Å². The summed E-state index contributed by atoms with van der Waals surface area (Å²) in [5.41, 5.74) is -1.42. The third kappa shape index (κ3) is 7.61. The highest BCUT2D eigenvalue weighted by atomic mass is 19.4. The Morgan fingerprint density at radius 2 is 1.88 bits per heavy atom. The van der Waals surface area contributed by atoms with E-state index in [9.17, 15) is 27.6 Å². The van der Waals surface area contributed by atoms with Crippen molar-refractivity contribution in [3.63, 3.8) is 0 Å². The van der Waals surface area contributed by atoms with Crippen LogP contribution in [0.3, 0.4) is 0 Å². The molecule has 0 aromatic carbocycles. The Labute approximate surface area is 232 Å². The maximum atomic E-state index is 13.9. The van der Waals surface area contributed by atoms with Gasteiger partial charge in [-0.1, -0.05) is 12.8 Å². The third-order valence-corrected chi connectivity index (χ3v) is 7.33. The fourth-order valence-corrected chi connectivity index (χ4v) is 5.45. The number of rotatable bonds is 6. The Morgan fingerprint density at radius 3 is 2.52 bits per heavy atom. The number of fused-ring (bicyclic) bond motifs is 1. The van der Waals surface area contributed by atoms with Gasteiger partial charge in [0.1, 0.15) is 18.0 Å². The molecule has 1 aliphatic carbocycles. The molecule has 3 heterocycles. The molecule has 1 aromatic heterocycles. The smallest absolute Gasteiger partial charge is 0.433 e. The van der Waals surface area contributed by atoms with Crippen LogP contribution in [0.5, 0.6) is 0 Å². The zero-order valence-electron chi connectivity index (χ0n) is 23.5. The number of nitrogens with zero attached hydrogens (tertiary/aromatic N) is 4. The first-order valence-electron chi connectivity index (χ1n) is 13.8. The lowest BCUT2D eigenvalue weighted by Crippen LogP contribution is -2.53. The minimum atomic E-state index is -4.61. The maximum Gasteiger partial charge on any atom is 0.433 e. The lowest BCUT2D eigenvalue weighted by atomic mass is 9.99. The Balaban J connectivity index is 1.52. The van der Waals surface area contributed by atoms with Gasteiger partial charge in [0, 0.05) is 37.5 Å². The number of carbonyl (C=O) groups is 3. The van der Waals surface area contributed by atoms with Gasteiger partial charge in [0.2, 0.25) is 11.8 Å². The van der Waals surface area contributed by atoms with Crippen LogP contribution in [0.25, 0.3) is 0 Å². The molecule has 10 nitrogen and oxygen atoms in total. The number of hydrogen-bond donors (Lipinski definition) is 1. The second-order valence-electron chi connectivity index (χ2n) is 11.9. The molecule has 3 amide bonds. The zero-order chi connectivity index (χ0) is 29.2. The van der Waals surface area contributed by atoms with Crippen molar-refractivity contribution >= 4 is 17.9 Å². The van der Waals surface area contributed by atoms with E-state index < -0.39 is 29.6 Å². The average Bonchev–Trinajstić information content (AvgIpc) is 3.38. The van der Waals surface area contributed by atoms with Crippen LogP contribution in [0, 0.1) is 0 Å². The topological polar surface area (TPSA) is 114 Å². The number of hydrogen-bond acceptors (Lipinski definition) is 7. The van der Waals surface area contributed by atoms with Gasteiger partial charge in [0.15, 0.2) is 5.69 Å². The van der Waals surface area contributed by atoms with Gasteiger partial charge in [-0.05, 0) is 47.0 Å². The number of alkyl halides is 3. The largest absolute Gasteiger partial charge is 0.444 e. The van der Waals surface area contributed by atoms with E-state index in [-0.39, 0.29) is 80.0 Å². The quantitative estimate of drug-likeness (QED) is 0.557. The van der Waals surface area contributed by atoms with E-state index in [2.05, 4.69) is 15.3 Å². The van der Waals surface area contributed by atoms with Crippen molar-refractivity contribution in [2.75, 3.05) is 26.2 Å². The van der Waals surface area contributed by atoms with Crippen LogP contribution in [0.4, 0.5) is 18.0 Å². The van der Waals surface area contributed by atoms with Crippen molar-refractivity contribution in [2.24, 2.45) is 0 Å². The van der Waals surface area contributed by atoms with Crippen molar-refractivity contribution in [2.45, 2.75) is 103 Å². The van der Waals surface area contributed by atoms with Crippen LogP contribution in [-0.4, -0.2) is 81.7 Å². The first kappa shape index (κ1) is 30.0. The van der Waals surface area contributed by atoms with Crippen LogP contribution in [0.2, 0.25) is 0 Å². The van der Waals surface area contributed by atoms with Crippen LogP contribution < -0.4 is 5.32 Å². The summed E-state index contributed by atoms with van der Waals surface area (Å²) in [4.78, 5) is 49.9. The van der Waals surface area contributed by atoms with Gasteiger partial charge in [-0.15, -0.1) is 0 Å². The Morgan fingerprint density at radius 1 is 1.18 bits per heavy atom. The fourth-order valence-electron chi connectivity index (χ4n) is 5.45. The molecule has 2 aliphatic heterocycles. The lowest BCUT2D eigenvalue weighted by Gasteiger charge is -2.35. The van der Waals surface area contributed by atoms with Crippen molar-refractivity contribution in [3.05, 3.63) is 22.8 Å². The van der Waals surface area contributed by atoms with Gasteiger partial charge in [-0.2, -0.15) is 13.2 Å². The number of aromatic nitrogens is 2. The Hall–Kier alpha value is -2.96. The van der Waals surface area contributed by atoms with Gasteiger partial charge in [-0.3, -0.25) is 9.59 Å². The highest BCUT2D eigenvalue weighted by molar-refractivity contribution is 5.80. The van der Waals surface area contributed by atoms with Gasteiger partial charge in [0.25, 0.3) is 0 Å². The number of ether oxygens (including phenoxy) is 2. The van der Waals surface area contributed by atoms with E-state index in [4.69, 9.17) is 9.47 Å². The zero-order valence-corrected chi connectivity index (χ0v) is 23.5. The molecule has 0 radical (unpaired) electrons. The van der Waals surface area contributed by atoms with Crippen molar-refractivity contribution in [1.29, 1.82) is 0 Å². The predicted octanol–water partition coefficient (Wildman–Crippen LogP) is 3.57. The molecule has 1 saturated heterocycles. The lowest BCUT2D eigenvalue weighted by molar-refractivity contribution is -0.149. The van der Waals surface area contributed by atoms with Gasteiger partial charge >= 0.3 is 12.3 Å². The first-order valence-corrected chi connectivity index (χ1v) is 13.8. The normalized spacial score (nSPS) is 21.3. The number of halogens is 3. The SMILES string of the molecule is C[C@H]1CN(C[C@H](CC(=O)N2CCc3c(nc(C4CCCC4)nc3C(F)(F)F)C2)NC(=O)OC(C)(C)C)C(=O)CO1. The molecule has 0 unspecified atom stereocenters. The van der Waals surface area contributed by atoms with Crippen molar-refractivity contribution in [1.82, 2.24) is 25.1 Å². The molecule has 222 valence electrons. The van der Waals surface area contributed by atoms with E-state index in [1.807, 2.05) is 6.92 Å².